The minimum Gasteiger partial charge on any atom is -0.483 e. The number of nitrogens with zero attached hydrogens (tertiary/aromatic N) is 12. The molecule has 1 fully saturated rings. The number of hydrogen-bond acceptors (Lipinski definition) is 21. The minimum absolute atomic E-state index is 0.0624. The second-order valence-electron chi connectivity index (χ2n) is 30.2. The van der Waals surface area contributed by atoms with Crippen LogP contribution < -0.4 is 34.9 Å². The van der Waals surface area contributed by atoms with Crippen LogP contribution in [0, 0.1) is 0 Å². The number of halogens is 4. The maximum Gasteiger partial charge on any atom is 0.264 e. The van der Waals surface area contributed by atoms with Crippen LogP contribution in [0.5, 0.6) is 23.0 Å². The predicted octanol–water partition coefficient (Wildman–Crippen LogP) is 17.3. The summed E-state index contributed by atoms with van der Waals surface area (Å²) in [5.74, 6) is 4.31. The molecular weight excluding hydrogens is 1590 g/mol. The van der Waals surface area contributed by atoms with Gasteiger partial charge in [-0.1, -0.05) is 69.8 Å². The maximum atomic E-state index is 12.9. The average Bonchev–Trinajstić information content (AvgIpc) is 1.72. The lowest BCUT2D eigenvalue weighted by atomic mass is 9.97. The molecular formula is C87H75Cl4N15O6S3. The fraction of sp³-hybridized carbons (Fsp3) is 0.276. The zero-order chi connectivity index (χ0) is 77.9. The second-order valence-corrected chi connectivity index (χ2v) is 34.7. The number of hydrogen-bond donors (Lipinski definition) is 3. The number of thiophene rings is 3. The highest BCUT2D eigenvalue weighted by molar-refractivity contribution is 7.18. The Bertz CT molecular complexity index is 6360. The largest absolute Gasteiger partial charge is 0.483 e. The lowest BCUT2D eigenvalue weighted by Gasteiger charge is -2.43. The molecule has 15 aromatic rings. The zero-order valence-electron chi connectivity index (χ0n) is 63.0. The average molecular weight is 1660 g/mol. The summed E-state index contributed by atoms with van der Waals surface area (Å²) in [5.41, 5.74) is 25.6. The van der Waals surface area contributed by atoms with Crippen molar-refractivity contribution in [2.45, 2.75) is 95.0 Å². The Balaban J connectivity index is 0.0000000992. The molecule has 0 aliphatic carbocycles. The van der Waals surface area contributed by atoms with E-state index in [1.165, 1.54) is 22.5 Å². The number of aryl methyl sites for hydroxylation is 2. The number of rotatable bonds is 9. The highest BCUT2D eigenvalue weighted by Gasteiger charge is 2.42. The molecule has 115 heavy (non-hydrogen) atoms. The van der Waals surface area contributed by atoms with Crippen LogP contribution in [-0.2, 0) is 83.5 Å². The molecule has 8 aliphatic rings. The number of likely N-dealkylation sites (tertiary alicyclic amines) is 1. The Hall–Kier alpha value is -9.93. The van der Waals surface area contributed by atoms with Crippen molar-refractivity contribution in [1.82, 2.24) is 75.4 Å². The van der Waals surface area contributed by atoms with E-state index in [1.54, 1.807) is 46.5 Å². The molecule has 0 radical (unpaired) electrons. The molecule has 8 aliphatic heterocycles. The van der Waals surface area contributed by atoms with Crippen LogP contribution in [0.3, 0.4) is 0 Å². The van der Waals surface area contributed by atoms with Crippen molar-refractivity contribution in [3.05, 3.63) is 244 Å². The van der Waals surface area contributed by atoms with Gasteiger partial charge in [0.2, 0.25) is 0 Å². The molecule has 0 saturated carbocycles. The van der Waals surface area contributed by atoms with Gasteiger partial charge in [0.15, 0.2) is 18.0 Å². The van der Waals surface area contributed by atoms with Gasteiger partial charge in [0, 0.05) is 240 Å². The normalized spacial score (nSPS) is 18.1. The number of benzene rings is 5. The van der Waals surface area contributed by atoms with Gasteiger partial charge in [0.1, 0.15) is 47.2 Å². The number of pyridine rings is 3. The van der Waals surface area contributed by atoms with Crippen molar-refractivity contribution in [2.75, 3.05) is 46.8 Å². The molecule has 23 rings (SSSR count). The van der Waals surface area contributed by atoms with Crippen molar-refractivity contribution in [2.24, 2.45) is 14.1 Å². The monoisotopic (exact) mass is 1660 g/mol. The van der Waals surface area contributed by atoms with Gasteiger partial charge >= 0.3 is 0 Å². The predicted molar refractivity (Wildman–Crippen MR) is 453 cm³/mol. The molecule has 1 saturated heterocycles. The van der Waals surface area contributed by atoms with Crippen LogP contribution in [0.4, 0.5) is 0 Å². The molecule has 5 aromatic carbocycles. The van der Waals surface area contributed by atoms with E-state index in [-0.39, 0.29) is 24.2 Å². The van der Waals surface area contributed by atoms with Crippen LogP contribution in [0.15, 0.2) is 155 Å². The van der Waals surface area contributed by atoms with Crippen molar-refractivity contribution >= 4 is 128 Å². The number of likely N-dealkylation sites (N-methyl/N-ethyl adjacent to an activating group) is 1. The molecule has 1 amide bonds. The van der Waals surface area contributed by atoms with E-state index in [0.717, 1.165) is 249 Å². The minimum atomic E-state index is -0.476. The summed E-state index contributed by atoms with van der Waals surface area (Å²) in [4.78, 5) is 39.3. The number of fused-ring (bicyclic) bond motifs is 11. The highest BCUT2D eigenvalue weighted by Crippen LogP contribution is 2.52. The molecule has 10 aromatic heterocycles. The van der Waals surface area contributed by atoms with E-state index in [4.69, 9.17) is 80.1 Å². The second kappa shape index (κ2) is 30.6. The van der Waals surface area contributed by atoms with E-state index in [1.807, 2.05) is 169 Å². The molecule has 0 spiro atoms. The molecule has 21 nitrogen and oxygen atoms in total. The summed E-state index contributed by atoms with van der Waals surface area (Å²) in [7, 11) is 8.13. The number of ether oxygens (including phenoxy) is 4. The number of carbonyl (C=O) groups excluding carboxylic acids is 1. The number of nitrogens with one attached hydrogen (secondary N) is 3. The standard InChI is InChI=1S/C23H18ClN3O2.C22H19ClN4OS.C21H18ClN5OS.C21H20ClN3O2S/c24-14-9-13-10-21(23-18-12-25-7-6-20(18)27-29-23)28-22(13)17(11-14)15-5-8-26-19-4-2-1-3-16(15)19;1-27-18-3-5-24-11-16(18)20(26-27)19-9-12-8-13(23)10-15(21(12)28-19)14-2-6-25-17-4-7-29-22(14)17;1-27-19(14-9-23-4-2-15(14)26-27)17-7-11-6-12(22)8-13(20(11)28-17)18-21-16(3-5-29-21)24-10-25-18;1-24(2)14-10-25(11-14)21(26)18-8-12-7-13(22)9-16(19(12)27-18)15-3-5-23-17-4-6-28-20(15)17/h1-5,8-9,11,21,25H,6-7,10,12H2;2,4,6-8,10,19,24H,3,5,9,11H2,1H3;3,5-6,8,10,17,23H,2,4,7,9H2,1H3;3-7,9,14,18H,8,10-11H2,1-2H3. The Morgan fingerprint density at radius 1 is 0.496 bits per heavy atom. The fourth-order valence-corrected chi connectivity index (χ4v) is 21.0. The van der Waals surface area contributed by atoms with Gasteiger partial charge in [-0.2, -0.15) is 10.2 Å². The Morgan fingerprint density at radius 2 is 1.02 bits per heavy atom. The third kappa shape index (κ3) is 13.7. The van der Waals surface area contributed by atoms with Crippen LogP contribution in [0.1, 0.15) is 91.5 Å². The van der Waals surface area contributed by atoms with Gasteiger partial charge in [0.05, 0.1) is 58.9 Å². The molecule has 18 heterocycles. The van der Waals surface area contributed by atoms with E-state index >= 15 is 0 Å². The first kappa shape index (κ1) is 73.9. The van der Waals surface area contributed by atoms with E-state index in [9.17, 15) is 4.79 Å². The molecule has 4 unspecified atom stereocenters. The van der Waals surface area contributed by atoms with Gasteiger partial charge in [-0.25, -0.2) is 9.97 Å². The zero-order valence-corrected chi connectivity index (χ0v) is 68.5. The highest BCUT2D eigenvalue weighted by atomic mass is 35.5. The van der Waals surface area contributed by atoms with Crippen LogP contribution >= 0.6 is 80.4 Å². The van der Waals surface area contributed by atoms with Gasteiger partial charge in [-0.15, -0.1) is 34.0 Å². The van der Waals surface area contributed by atoms with Crippen LogP contribution in [0.2, 0.25) is 20.1 Å². The first-order valence-electron chi connectivity index (χ1n) is 38.4. The molecule has 4 atom stereocenters. The maximum absolute atomic E-state index is 12.9. The van der Waals surface area contributed by atoms with Crippen molar-refractivity contribution in [1.29, 1.82) is 0 Å². The summed E-state index contributed by atoms with van der Waals surface area (Å²) >= 11 is 30.9. The third-order valence-electron chi connectivity index (χ3n) is 23.0. The summed E-state index contributed by atoms with van der Waals surface area (Å²) in [5, 5.41) is 34.2. The number of carbonyl (C=O) groups is 1. The summed E-state index contributed by atoms with van der Waals surface area (Å²) in [6.07, 6.45) is 11.9. The Labute approximate surface area is 693 Å². The number of amides is 1. The third-order valence-corrected chi connectivity index (χ3v) is 26.6. The SMILES string of the molecule is CN(C)C1CN(C(=O)C2Cc3cc(Cl)cc(-c4ccnc5ccsc45)c3O2)C1.Clc1cc2c(c(-c3ccnc4ccccc34)c1)OC(c1onc3c1CNCC3)C2.Cn1nc(C2Cc3cc(Cl)cc(-c4ccnc5ccsc45)c3O2)c2c1CCNC2.Cn1nc2c(c1C1Cc3cc(Cl)cc(-c4ncnc5ccsc45)c3O1)CNCC2. The van der Waals surface area contributed by atoms with Gasteiger partial charge in [-0.05, 0) is 127 Å². The summed E-state index contributed by atoms with van der Waals surface area (Å²) in [6, 6.07) is 36.5. The van der Waals surface area contributed by atoms with Gasteiger partial charge < -0.3 is 49.2 Å². The first-order chi connectivity index (χ1) is 56.2. The molecule has 3 N–H and O–H groups in total. The van der Waals surface area contributed by atoms with Crippen LogP contribution in [0.25, 0.3) is 86.2 Å². The van der Waals surface area contributed by atoms with E-state index in [2.05, 4.69) is 62.4 Å². The van der Waals surface area contributed by atoms with Gasteiger partial charge in [0.25, 0.3) is 5.91 Å². The first-order valence-corrected chi connectivity index (χ1v) is 42.6. The number of aromatic nitrogens is 10. The van der Waals surface area contributed by atoms with E-state index in [0.29, 0.717) is 34.0 Å². The van der Waals surface area contributed by atoms with Gasteiger partial charge in [-0.3, -0.25) is 29.1 Å². The Kier molecular flexibility index (Phi) is 19.7. The molecule has 580 valence electrons. The Morgan fingerprint density at radius 3 is 1.69 bits per heavy atom. The topological polar surface area (TPSA) is 223 Å². The quantitative estimate of drug-likeness (QED) is 0.122. The van der Waals surface area contributed by atoms with Crippen molar-refractivity contribution in [3.63, 3.8) is 0 Å². The fourth-order valence-electron chi connectivity index (χ4n) is 17.4. The van der Waals surface area contributed by atoms with E-state index < -0.39 is 6.10 Å². The van der Waals surface area contributed by atoms with Crippen molar-refractivity contribution in [3.8, 4) is 67.6 Å². The smallest absolute Gasteiger partial charge is 0.264 e. The number of para-hydroxylation sites is 1. The molecule has 0 bridgehead atoms. The van der Waals surface area contributed by atoms with Crippen LogP contribution in [-0.4, -0.2) is 124 Å². The lowest BCUT2D eigenvalue weighted by molar-refractivity contribution is -0.144. The van der Waals surface area contributed by atoms with Crippen molar-refractivity contribution < 1.29 is 28.3 Å². The summed E-state index contributed by atoms with van der Waals surface area (Å²) < 4.78 is 38.8. The molecule has 28 heteroatoms. The lowest BCUT2D eigenvalue weighted by Crippen LogP contribution is -2.61. The summed E-state index contributed by atoms with van der Waals surface area (Å²) in [6.45, 7) is 6.88.